The standard InChI is InChI=1S/C27H31N3O4/c1-19(2)14-30(15-20-8-9-23-21(13-20)6-4-10-28-23)27(31)25-17-29(11-12-32-25)16-22-5-3-7-24-26(22)34-18-33-24/h3-10,13,19,25H,11-12,14-18H2,1-2H3/t25-/m1/s1. The van der Waals surface area contributed by atoms with Gasteiger partial charge in [0, 0.05) is 49.9 Å². The van der Waals surface area contributed by atoms with E-state index < -0.39 is 6.10 Å². The maximum atomic E-state index is 13.6. The first-order chi connectivity index (χ1) is 16.6. The van der Waals surface area contributed by atoms with E-state index in [1.54, 1.807) is 6.20 Å². The number of morpholine rings is 1. The molecule has 2 aromatic carbocycles. The fourth-order valence-corrected chi connectivity index (χ4v) is 4.67. The zero-order valence-electron chi connectivity index (χ0n) is 19.8. The van der Waals surface area contributed by atoms with Gasteiger partial charge in [0.2, 0.25) is 6.79 Å². The minimum absolute atomic E-state index is 0.0440. The third-order valence-corrected chi connectivity index (χ3v) is 6.24. The number of aromatic nitrogens is 1. The van der Waals surface area contributed by atoms with E-state index in [9.17, 15) is 4.79 Å². The molecule has 7 heteroatoms. The molecule has 1 amide bonds. The van der Waals surface area contributed by atoms with E-state index in [2.05, 4.69) is 48.0 Å². The second-order valence-corrected chi connectivity index (χ2v) is 9.39. The van der Waals surface area contributed by atoms with Gasteiger partial charge in [-0.1, -0.05) is 38.1 Å². The van der Waals surface area contributed by atoms with Crippen LogP contribution in [0.2, 0.25) is 0 Å². The smallest absolute Gasteiger partial charge is 0.253 e. The van der Waals surface area contributed by atoms with Crippen molar-refractivity contribution in [3.05, 3.63) is 65.9 Å². The lowest BCUT2D eigenvalue weighted by molar-refractivity contribution is -0.151. The average molecular weight is 462 g/mol. The van der Waals surface area contributed by atoms with Crippen molar-refractivity contribution in [2.24, 2.45) is 5.92 Å². The third kappa shape index (κ3) is 5.00. The number of ether oxygens (including phenoxy) is 3. The monoisotopic (exact) mass is 461 g/mol. The molecule has 2 aliphatic heterocycles. The van der Waals surface area contributed by atoms with Gasteiger partial charge in [0.05, 0.1) is 12.1 Å². The minimum atomic E-state index is -0.483. The highest BCUT2D eigenvalue weighted by atomic mass is 16.7. The Morgan fingerprint density at radius 2 is 2.09 bits per heavy atom. The van der Waals surface area contributed by atoms with E-state index in [4.69, 9.17) is 14.2 Å². The van der Waals surface area contributed by atoms with Crippen LogP contribution in [-0.4, -0.2) is 59.8 Å². The molecule has 178 valence electrons. The van der Waals surface area contributed by atoms with E-state index in [0.717, 1.165) is 40.1 Å². The molecule has 0 aliphatic carbocycles. The Kier molecular flexibility index (Phi) is 6.65. The number of pyridine rings is 1. The van der Waals surface area contributed by atoms with E-state index in [0.29, 0.717) is 38.7 Å². The fourth-order valence-electron chi connectivity index (χ4n) is 4.67. The van der Waals surface area contributed by atoms with Crippen LogP contribution in [0.4, 0.5) is 0 Å². The Balaban J connectivity index is 1.29. The van der Waals surface area contributed by atoms with Crippen LogP contribution in [0.3, 0.4) is 0 Å². The summed E-state index contributed by atoms with van der Waals surface area (Å²) in [4.78, 5) is 22.2. The highest BCUT2D eigenvalue weighted by Crippen LogP contribution is 2.36. The van der Waals surface area contributed by atoms with E-state index in [-0.39, 0.29) is 12.7 Å². The Labute approximate surface area is 200 Å². The van der Waals surface area contributed by atoms with Gasteiger partial charge in [-0.25, -0.2) is 0 Å². The van der Waals surface area contributed by atoms with Crippen LogP contribution in [-0.2, 0) is 22.6 Å². The van der Waals surface area contributed by atoms with Gasteiger partial charge in [-0.15, -0.1) is 0 Å². The largest absolute Gasteiger partial charge is 0.454 e. The number of nitrogens with zero attached hydrogens (tertiary/aromatic N) is 3. The molecular formula is C27H31N3O4. The second kappa shape index (κ2) is 9.99. The van der Waals surface area contributed by atoms with Crippen molar-refractivity contribution in [3.63, 3.8) is 0 Å². The number of rotatable bonds is 7. The number of para-hydroxylation sites is 1. The summed E-state index contributed by atoms with van der Waals surface area (Å²) >= 11 is 0. The molecule has 3 aromatic rings. The molecule has 7 nitrogen and oxygen atoms in total. The number of hydrogen-bond donors (Lipinski definition) is 0. The van der Waals surface area contributed by atoms with Gasteiger partial charge in [-0.2, -0.15) is 0 Å². The summed E-state index contributed by atoms with van der Waals surface area (Å²) in [5.74, 6) is 1.99. The number of benzene rings is 2. The molecule has 34 heavy (non-hydrogen) atoms. The molecular weight excluding hydrogens is 430 g/mol. The van der Waals surface area contributed by atoms with Crippen LogP contribution < -0.4 is 9.47 Å². The molecule has 1 atom stereocenters. The van der Waals surface area contributed by atoms with Crippen LogP contribution in [0, 0.1) is 5.92 Å². The van der Waals surface area contributed by atoms with E-state index in [1.807, 2.05) is 29.2 Å². The summed E-state index contributed by atoms with van der Waals surface area (Å²) < 4.78 is 17.1. The van der Waals surface area contributed by atoms with Crippen LogP contribution >= 0.6 is 0 Å². The number of carbonyl (C=O) groups excluding carboxylic acids is 1. The lowest BCUT2D eigenvalue weighted by atomic mass is 10.1. The normalized spacial score (nSPS) is 17.9. The fraction of sp³-hybridized carbons (Fsp3) is 0.407. The molecule has 0 N–H and O–H groups in total. The van der Waals surface area contributed by atoms with Gasteiger partial charge < -0.3 is 19.1 Å². The van der Waals surface area contributed by atoms with Crippen molar-refractivity contribution in [1.29, 1.82) is 0 Å². The van der Waals surface area contributed by atoms with Crippen molar-refractivity contribution in [3.8, 4) is 11.5 Å². The first-order valence-corrected chi connectivity index (χ1v) is 11.9. The summed E-state index contributed by atoms with van der Waals surface area (Å²) in [6, 6.07) is 16.1. The Hall–Kier alpha value is -3.16. The summed E-state index contributed by atoms with van der Waals surface area (Å²) in [5.41, 5.74) is 3.13. The van der Waals surface area contributed by atoms with Crippen molar-refractivity contribution in [1.82, 2.24) is 14.8 Å². The van der Waals surface area contributed by atoms with Crippen molar-refractivity contribution >= 4 is 16.8 Å². The van der Waals surface area contributed by atoms with E-state index in [1.165, 1.54) is 0 Å². The molecule has 1 aromatic heterocycles. The Bertz CT molecular complexity index is 1170. The van der Waals surface area contributed by atoms with Crippen LogP contribution in [0.25, 0.3) is 10.9 Å². The summed E-state index contributed by atoms with van der Waals surface area (Å²) in [6.45, 7) is 8.32. The quantitative estimate of drug-likeness (QED) is 0.533. The van der Waals surface area contributed by atoms with Gasteiger partial charge in [-0.3, -0.25) is 14.7 Å². The van der Waals surface area contributed by atoms with Gasteiger partial charge >= 0.3 is 0 Å². The molecule has 0 radical (unpaired) electrons. The van der Waals surface area contributed by atoms with Crippen molar-refractivity contribution < 1.29 is 19.0 Å². The minimum Gasteiger partial charge on any atom is -0.454 e. The van der Waals surface area contributed by atoms with Crippen molar-refractivity contribution in [2.45, 2.75) is 33.0 Å². The zero-order valence-corrected chi connectivity index (χ0v) is 19.8. The summed E-state index contributed by atoms with van der Waals surface area (Å²) in [6.07, 6.45) is 1.31. The van der Waals surface area contributed by atoms with Crippen LogP contribution in [0.1, 0.15) is 25.0 Å². The number of fused-ring (bicyclic) bond motifs is 2. The SMILES string of the molecule is CC(C)CN(Cc1ccc2ncccc2c1)C(=O)[C@H]1CN(Cc2cccc3c2OCO3)CCO1. The molecule has 1 saturated heterocycles. The highest BCUT2D eigenvalue weighted by Gasteiger charge is 2.31. The molecule has 1 fully saturated rings. The van der Waals surface area contributed by atoms with Gasteiger partial charge in [0.15, 0.2) is 11.5 Å². The summed E-state index contributed by atoms with van der Waals surface area (Å²) in [7, 11) is 0. The molecule has 0 bridgehead atoms. The Morgan fingerprint density at radius 1 is 1.18 bits per heavy atom. The number of amides is 1. The van der Waals surface area contributed by atoms with Gasteiger partial charge in [-0.05, 0) is 35.7 Å². The first-order valence-electron chi connectivity index (χ1n) is 11.9. The van der Waals surface area contributed by atoms with Crippen LogP contribution in [0.15, 0.2) is 54.7 Å². The zero-order chi connectivity index (χ0) is 23.5. The molecule has 3 heterocycles. The van der Waals surface area contributed by atoms with Crippen LogP contribution in [0.5, 0.6) is 11.5 Å². The Morgan fingerprint density at radius 3 is 2.97 bits per heavy atom. The summed E-state index contributed by atoms with van der Waals surface area (Å²) in [5, 5.41) is 1.08. The highest BCUT2D eigenvalue weighted by molar-refractivity contribution is 5.82. The predicted octanol–water partition coefficient (Wildman–Crippen LogP) is 3.85. The van der Waals surface area contributed by atoms with Gasteiger partial charge in [0.1, 0.15) is 6.10 Å². The lowest BCUT2D eigenvalue weighted by Crippen LogP contribution is -2.51. The molecule has 5 rings (SSSR count). The maximum absolute atomic E-state index is 13.6. The first kappa shape index (κ1) is 22.6. The molecule has 0 saturated carbocycles. The molecule has 2 aliphatic rings. The topological polar surface area (TPSA) is 64.1 Å². The maximum Gasteiger partial charge on any atom is 0.253 e. The average Bonchev–Trinajstić information content (AvgIpc) is 3.33. The van der Waals surface area contributed by atoms with Crippen molar-refractivity contribution in [2.75, 3.05) is 33.0 Å². The number of carbonyl (C=O) groups is 1. The third-order valence-electron chi connectivity index (χ3n) is 6.24. The predicted molar refractivity (Wildman–Crippen MR) is 130 cm³/mol. The number of hydrogen-bond acceptors (Lipinski definition) is 6. The lowest BCUT2D eigenvalue weighted by Gasteiger charge is -2.35. The van der Waals surface area contributed by atoms with E-state index >= 15 is 0 Å². The molecule has 0 unspecified atom stereocenters. The molecule has 0 spiro atoms. The second-order valence-electron chi connectivity index (χ2n) is 9.39. The van der Waals surface area contributed by atoms with Gasteiger partial charge in [0.25, 0.3) is 5.91 Å².